The molecule has 0 saturated carbocycles. The van der Waals surface area contributed by atoms with Crippen molar-refractivity contribution in [2.45, 2.75) is 31.3 Å². The Bertz CT molecular complexity index is 1280. The number of nitrogens with zero attached hydrogens (tertiary/aromatic N) is 4. The molecular formula is C21H20ClN5O5. The number of ether oxygens (including phenoxy) is 3. The van der Waals surface area contributed by atoms with E-state index in [9.17, 15) is 9.59 Å². The van der Waals surface area contributed by atoms with E-state index in [-0.39, 0.29) is 29.9 Å². The number of nitrogens with two attached hydrogens (primary N) is 1. The highest BCUT2D eigenvalue weighted by Gasteiger charge is 2.41. The number of halogens is 1. The third-order valence-electron chi connectivity index (χ3n) is 5.25. The van der Waals surface area contributed by atoms with Gasteiger partial charge < -0.3 is 29.1 Å². The van der Waals surface area contributed by atoms with Crippen LogP contribution in [0, 0.1) is 12.3 Å². The lowest BCUT2D eigenvalue weighted by Gasteiger charge is -2.23. The lowest BCUT2D eigenvalue weighted by molar-refractivity contribution is -0.0736. The number of pyridine rings is 1. The lowest BCUT2D eigenvalue weighted by Crippen LogP contribution is -2.34. The van der Waals surface area contributed by atoms with Gasteiger partial charge in [-0.05, 0) is 42.1 Å². The number of fused-ring (bicyclic) bond motifs is 1. The van der Waals surface area contributed by atoms with Crippen molar-refractivity contribution in [1.29, 1.82) is 0 Å². The summed E-state index contributed by atoms with van der Waals surface area (Å²) in [6.45, 7) is -0.287. The Kier molecular flexibility index (Phi) is 5.78. The number of aromatic nitrogens is 4. The molecule has 0 amide bonds. The highest BCUT2D eigenvalue weighted by molar-refractivity contribution is 6.28. The zero-order chi connectivity index (χ0) is 22.9. The minimum atomic E-state index is -1.12. The van der Waals surface area contributed by atoms with E-state index in [1.165, 1.54) is 10.6 Å². The summed E-state index contributed by atoms with van der Waals surface area (Å²) in [5.41, 5.74) is 5.65. The summed E-state index contributed by atoms with van der Waals surface area (Å²) in [6.07, 6.45) is 8.70. The molecule has 1 saturated heterocycles. The lowest BCUT2D eigenvalue weighted by atomic mass is 10.0. The fraction of sp³-hybridized carbons (Fsp3) is 0.333. The average Bonchev–Trinajstić information content (AvgIpc) is 3.38. The summed E-state index contributed by atoms with van der Waals surface area (Å²) in [4.78, 5) is 31.9. The molecule has 0 unspecified atom stereocenters. The van der Waals surface area contributed by atoms with Crippen LogP contribution in [0.3, 0.4) is 0 Å². The molecule has 0 aromatic carbocycles. The molecule has 3 aromatic rings. The van der Waals surface area contributed by atoms with Gasteiger partial charge in [-0.2, -0.15) is 4.98 Å². The Morgan fingerprint density at radius 2 is 2.22 bits per heavy atom. The SMILES string of the molecule is C#C[C@@]1(COC(=O)OCc2ccn(C)c(=O)c2)CC[C@H](n2ccc3c(N)nc(Cl)nc32)O1. The fourth-order valence-electron chi connectivity index (χ4n) is 3.48. The zero-order valence-electron chi connectivity index (χ0n) is 17.2. The molecule has 0 radical (unpaired) electrons. The predicted octanol–water partition coefficient (Wildman–Crippen LogP) is 2.40. The maximum Gasteiger partial charge on any atom is 0.508 e. The zero-order valence-corrected chi connectivity index (χ0v) is 17.9. The molecule has 0 aliphatic carbocycles. The van der Waals surface area contributed by atoms with E-state index in [1.54, 1.807) is 36.1 Å². The predicted molar refractivity (Wildman–Crippen MR) is 116 cm³/mol. The summed E-state index contributed by atoms with van der Waals surface area (Å²) in [7, 11) is 1.63. The van der Waals surface area contributed by atoms with E-state index in [0.29, 0.717) is 29.4 Å². The Labute approximate surface area is 187 Å². The molecule has 3 aromatic heterocycles. The van der Waals surface area contributed by atoms with Crippen molar-refractivity contribution in [2.75, 3.05) is 12.3 Å². The Hall–Kier alpha value is -3.55. The third-order valence-corrected chi connectivity index (χ3v) is 5.42. The van der Waals surface area contributed by atoms with E-state index < -0.39 is 18.0 Å². The molecule has 10 nitrogen and oxygen atoms in total. The number of anilines is 1. The number of rotatable bonds is 5. The minimum Gasteiger partial charge on any atom is -0.430 e. The van der Waals surface area contributed by atoms with Gasteiger partial charge in [0.15, 0.2) is 5.60 Å². The molecule has 0 spiro atoms. The monoisotopic (exact) mass is 457 g/mol. The van der Waals surface area contributed by atoms with Crippen LogP contribution in [-0.4, -0.2) is 37.5 Å². The number of nitrogen functional groups attached to an aromatic ring is 1. The van der Waals surface area contributed by atoms with Crippen molar-refractivity contribution in [3.63, 3.8) is 0 Å². The molecule has 1 fully saturated rings. The molecule has 32 heavy (non-hydrogen) atoms. The van der Waals surface area contributed by atoms with Gasteiger partial charge in [0.25, 0.3) is 5.56 Å². The molecule has 0 bridgehead atoms. The Balaban J connectivity index is 1.39. The first-order valence-electron chi connectivity index (χ1n) is 9.70. The number of hydrogen-bond acceptors (Lipinski definition) is 8. The van der Waals surface area contributed by atoms with Crippen LogP contribution < -0.4 is 11.3 Å². The molecule has 4 heterocycles. The molecule has 2 N–H and O–H groups in total. The van der Waals surface area contributed by atoms with E-state index in [2.05, 4.69) is 15.9 Å². The van der Waals surface area contributed by atoms with Crippen molar-refractivity contribution in [2.24, 2.45) is 7.05 Å². The van der Waals surface area contributed by atoms with Crippen LogP contribution in [0.15, 0.2) is 35.4 Å². The first kappa shape index (κ1) is 21.7. The maximum atomic E-state index is 12.0. The highest BCUT2D eigenvalue weighted by Crippen LogP contribution is 2.38. The molecule has 1 aliphatic heterocycles. The van der Waals surface area contributed by atoms with E-state index >= 15 is 0 Å². The highest BCUT2D eigenvalue weighted by atomic mass is 35.5. The van der Waals surface area contributed by atoms with Gasteiger partial charge in [-0.1, -0.05) is 5.92 Å². The minimum absolute atomic E-state index is 0.0264. The number of terminal acetylenes is 1. The largest absolute Gasteiger partial charge is 0.508 e. The van der Waals surface area contributed by atoms with Gasteiger partial charge in [-0.15, -0.1) is 6.42 Å². The second-order valence-corrected chi connectivity index (χ2v) is 7.74. The molecule has 2 atom stereocenters. The standard InChI is InChI=1S/C21H20ClN5O5/c1-3-21(12-31-20(29)30-11-13-5-8-26(2)15(28)10-13)7-4-16(32-21)27-9-6-14-17(23)24-19(22)25-18(14)27/h1,5-6,8-10,16H,4,7,11-12H2,2H3,(H2,23,24,25)/t16-,21+/m1/s1. The summed E-state index contributed by atoms with van der Waals surface area (Å²) < 4.78 is 19.5. The molecule has 4 rings (SSSR count). The summed E-state index contributed by atoms with van der Waals surface area (Å²) in [6, 6.07) is 4.82. The van der Waals surface area contributed by atoms with Crippen LogP contribution in [0.25, 0.3) is 11.0 Å². The van der Waals surface area contributed by atoms with Crippen molar-refractivity contribution >= 4 is 34.6 Å². The van der Waals surface area contributed by atoms with Gasteiger partial charge in [-0.3, -0.25) is 4.79 Å². The van der Waals surface area contributed by atoms with Crippen LogP contribution in [0.2, 0.25) is 5.28 Å². The summed E-state index contributed by atoms with van der Waals surface area (Å²) >= 11 is 5.94. The molecule has 11 heteroatoms. The van der Waals surface area contributed by atoms with Crippen LogP contribution in [0.4, 0.5) is 10.6 Å². The molecule has 1 aliphatic rings. The van der Waals surface area contributed by atoms with E-state index in [1.807, 2.05) is 0 Å². The number of aryl methyl sites for hydroxylation is 1. The summed E-state index contributed by atoms with van der Waals surface area (Å²) in [5, 5.41) is 0.672. The average molecular weight is 458 g/mol. The second-order valence-electron chi connectivity index (χ2n) is 7.40. The van der Waals surface area contributed by atoms with Gasteiger partial charge in [0.2, 0.25) is 5.28 Å². The van der Waals surface area contributed by atoms with Crippen LogP contribution in [-0.2, 0) is 27.9 Å². The second kappa shape index (κ2) is 8.53. The smallest absolute Gasteiger partial charge is 0.430 e. The topological polar surface area (TPSA) is 123 Å². The van der Waals surface area contributed by atoms with E-state index in [4.69, 9.17) is 38.0 Å². The van der Waals surface area contributed by atoms with Crippen molar-refractivity contribution in [3.05, 3.63) is 51.8 Å². The maximum absolute atomic E-state index is 12.0. The van der Waals surface area contributed by atoms with Gasteiger partial charge in [0.05, 0.1) is 5.39 Å². The van der Waals surface area contributed by atoms with Crippen molar-refractivity contribution < 1.29 is 19.0 Å². The number of carbonyl (C=O) groups is 1. The van der Waals surface area contributed by atoms with Crippen molar-refractivity contribution in [1.82, 2.24) is 19.1 Å². The van der Waals surface area contributed by atoms with Gasteiger partial charge in [-0.25, -0.2) is 9.78 Å². The van der Waals surface area contributed by atoms with Gasteiger partial charge >= 0.3 is 6.16 Å². The first-order valence-corrected chi connectivity index (χ1v) is 10.1. The quantitative estimate of drug-likeness (QED) is 0.352. The van der Waals surface area contributed by atoms with Crippen LogP contribution in [0.1, 0.15) is 24.6 Å². The first-order chi connectivity index (χ1) is 15.3. The van der Waals surface area contributed by atoms with Crippen LogP contribution in [0.5, 0.6) is 0 Å². The number of carbonyl (C=O) groups excluding carboxylic acids is 1. The van der Waals surface area contributed by atoms with Crippen molar-refractivity contribution in [3.8, 4) is 12.3 Å². The Morgan fingerprint density at radius 3 is 2.97 bits per heavy atom. The summed E-state index contributed by atoms with van der Waals surface area (Å²) in [5.74, 6) is 2.85. The van der Waals surface area contributed by atoms with Gasteiger partial charge in [0.1, 0.15) is 30.9 Å². The molecule has 166 valence electrons. The van der Waals surface area contributed by atoms with E-state index in [0.717, 1.165) is 0 Å². The Morgan fingerprint density at radius 1 is 1.41 bits per heavy atom. The third kappa shape index (κ3) is 4.26. The normalized spacial score (nSPS) is 20.2. The fourth-order valence-corrected chi connectivity index (χ4v) is 3.66. The van der Waals surface area contributed by atoms with Gasteiger partial charge in [0, 0.05) is 25.5 Å². The van der Waals surface area contributed by atoms with Crippen LogP contribution >= 0.6 is 11.6 Å². The number of hydrogen-bond donors (Lipinski definition) is 1. The molecular weight excluding hydrogens is 438 g/mol.